The Labute approximate surface area is 141 Å². The van der Waals surface area contributed by atoms with Crippen molar-refractivity contribution in [2.24, 2.45) is 0 Å². The van der Waals surface area contributed by atoms with Gasteiger partial charge in [-0.05, 0) is 17.5 Å². The van der Waals surface area contributed by atoms with E-state index < -0.39 is 0 Å². The third-order valence-electron chi connectivity index (χ3n) is 3.73. The van der Waals surface area contributed by atoms with Gasteiger partial charge < -0.3 is 10.1 Å². The standard InChI is InChI=1S/C17H14N2O2S2/c20-16(13-10-23-17(19-13)15-6-3-9-22-15)18-12-7-8-21-14-5-2-1-4-11(12)14/h1-6,9-10,12H,7-8H2,(H,18,20)/t12-/m0/s1. The van der Waals surface area contributed by atoms with E-state index in [4.69, 9.17) is 4.74 Å². The van der Waals surface area contributed by atoms with Crippen molar-refractivity contribution < 1.29 is 9.53 Å². The Balaban J connectivity index is 1.53. The van der Waals surface area contributed by atoms with Crippen molar-refractivity contribution in [1.82, 2.24) is 10.3 Å². The molecule has 1 aliphatic heterocycles. The molecule has 23 heavy (non-hydrogen) atoms. The molecule has 1 N–H and O–H groups in total. The number of fused-ring (bicyclic) bond motifs is 1. The fourth-order valence-electron chi connectivity index (χ4n) is 2.62. The Morgan fingerprint density at radius 3 is 3.00 bits per heavy atom. The summed E-state index contributed by atoms with van der Waals surface area (Å²) in [6.45, 7) is 0.611. The lowest BCUT2D eigenvalue weighted by molar-refractivity contribution is 0.0920. The van der Waals surface area contributed by atoms with Crippen LogP contribution in [0.2, 0.25) is 0 Å². The van der Waals surface area contributed by atoms with Crippen molar-refractivity contribution in [1.29, 1.82) is 0 Å². The molecule has 1 aromatic carbocycles. The van der Waals surface area contributed by atoms with Gasteiger partial charge >= 0.3 is 0 Å². The molecule has 0 fully saturated rings. The number of nitrogens with one attached hydrogen (secondary N) is 1. The van der Waals surface area contributed by atoms with Crippen LogP contribution in [-0.2, 0) is 0 Å². The predicted octanol–water partition coefficient (Wildman–Crippen LogP) is 4.13. The summed E-state index contributed by atoms with van der Waals surface area (Å²) in [5.41, 5.74) is 1.50. The second-order valence-electron chi connectivity index (χ2n) is 5.22. The normalized spacial score (nSPS) is 16.4. The van der Waals surface area contributed by atoms with Gasteiger partial charge in [0.25, 0.3) is 5.91 Å². The molecule has 0 bridgehead atoms. The number of benzene rings is 1. The fourth-order valence-corrected chi connectivity index (χ4v) is 4.23. The number of rotatable bonds is 3. The smallest absolute Gasteiger partial charge is 0.271 e. The number of carbonyl (C=O) groups excluding carboxylic acids is 1. The lowest BCUT2D eigenvalue weighted by Gasteiger charge is -2.26. The van der Waals surface area contributed by atoms with E-state index in [0.717, 1.165) is 27.6 Å². The van der Waals surface area contributed by atoms with Gasteiger partial charge in [0.05, 0.1) is 17.5 Å². The van der Waals surface area contributed by atoms with Crippen molar-refractivity contribution in [3.63, 3.8) is 0 Å². The molecule has 4 rings (SSSR count). The van der Waals surface area contributed by atoms with Crippen LogP contribution < -0.4 is 10.1 Å². The average Bonchev–Trinajstić information content (AvgIpc) is 3.26. The quantitative estimate of drug-likeness (QED) is 0.779. The SMILES string of the molecule is O=C(N[C@H]1CCOc2ccccc21)c1csc(-c2cccs2)n1. The van der Waals surface area contributed by atoms with Gasteiger partial charge in [-0.25, -0.2) is 4.98 Å². The van der Waals surface area contributed by atoms with Gasteiger partial charge in [-0.2, -0.15) is 0 Å². The Hall–Kier alpha value is -2.18. The Morgan fingerprint density at radius 1 is 1.22 bits per heavy atom. The molecule has 3 aromatic rings. The van der Waals surface area contributed by atoms with E-state index in [-0.39, 0.29) is 11.9 Å². The monoisotopic (exact) mass is 342 g/mol. The van der Waals surface area contributed by atoms with Crippen LogP contribution in [0.1, 0.15) is 28.5 Å². The highest BCUT2D eigenvalue weighted by atomic mass is 32.1. The third kappa shape index (κ3) is 2.87. The van der Waals surface area contributed by atoms with Crippen LogP contribution in [-0.4, -0.2) is 17.5 Å². The van der Waals surface area contributed by atoms with Crippen molar-refractivity contribution in [3.8, 4) is 15.6 Å². The number of para-hydroxylation sites is 1. The summed E-state index contributed by atoms with van der Waals surface area (Å²) in [6.07, 6.45) is 0.769. The van der Waals surface area contributed by atoms with E-state index in [9.17, 15) is 4.79 Å². The molecule has 6 heteroatoms. The highest BCUT2D eigenvalue weighted by Gasteiger charge is 2.24. The molecule has 1 aliphatic rings. The number of hydrogen-bond donors (Lipinski definition) is 1. The maximum atomic E-state index is 12.5. The van der Waals surface area contributed by atoms with Crippen LogP contribution in [0.5, 0.6) is 5.75 Å². The van der Waals surface area contributed by atoms with E-state index in [1.807, 2.05) is 47.2 Å². The van der Waals surface area contributed by atoms with E-state index in [2.05, 4.69) is 10.3 Å². The molecular formula is C17H14N2O2S2. The van der Waals surface area contributed by atoms with Crippen LogP contribution >= 0.6 is 22.7 Å². The van der Waals surface area contributed by atoms with Crippen molar-refractivity contribution >= 4 is 28.6 Å². The van der Waals surface area contributed by atoms with Gasteiger partial charge in [0, 0.05) is 17.4 Å². The van der Waals surface area contributed by atoms with Crippen molar-refractivity contribution in [2.75, 3.05) is 6.61 Å². The number of thiazole rings is 1. The number of nitrogens with zero attached hydrogens (tertiary/aromatic N) is 1. The zero-order valence-corrected chi connectivity index (χ0v) is 13.8. The summed E-state index contributed by atoms with van der Waals surface area (Å²) in [7, 11) is 0. The highest BCUT2D eigenvalue weighted by molar-refractivity contribution is 7.20. The molecular weight excluding hydrogens is 328 g/mol. The minimum Gasteiger partial charge on any atom is -0.493 e. The second-order valence-corrected chi connectivity index (χ2v) is 7.02. The molecule has 0 radical (unpaired) electrons. The topological polar surface area (TPSA) is 51.2 Å². The number of hydrogen-bond acceptors (Lipinski definition) is 5. The van der Waals surface area contributed by atoms with Crippen LogP contribution in [0, 0.1) is 0 Å². The average molecular weight is 342 g/mol. The molecule has 1 amide bonds. The maximum Gasteiger partial charge on any atom is 0.271 e. The molecule has 1 atom stereocenters. The molecule has 4 nitrogen and oxygen atoms in total. The predicted molar refractivity (Wildman–Crippen MR) is 92.2 cm³/mol. The summed E-state index contributed by atoms with van der Waals surface area (Å²) in [5.74, 6) is 0.715. The molecule has 0 saturated carbocycles. The van der Waals surface area contributed by atoms with Gasteiger partial charge in [-0.3, -0.25) is 4.79 Å². The van der Waals surface area contributed by atoms with E-state index in [1.54, 1.807) is 11.3 Å². The third-order valence-corrected chi connectivity index (χ3v) is 5.61. The van der Waals surface area contributed by atoms with Gasteiger partial charge in [0.1, 0.15) is 16.5 Å². The molecule has 3 heterocycles. The van der Waals surface area contributed by atoms with E-state index in [0.29, 0.717) is 12.3 Å². The highest BCUT2D eigenvalue weighted by Crippen LogP contribution is 2.32. The van der Waals surface area contributed by atoms with Crippen LogP contribution in [0.3, 0.4) is 0 Å². The molecule has 0 unspecified atom stereocenters. The Bertz CT molecular complexity index is 827. The number of ether oxygens (including phenoxy) is 1. The molecule has 0 aliphatic carbocycles. The molecule has 2 aromatic heterocycles. The fraction of sp³-hybridized carbons (Fsp3) is 0.176. The van der Waals surface area contributed by atoms with Gasteiger partial charge in [0.2, 0.25) is 0 Å². The van der Waals surface area contributed by atoms with Gasteiger partial charge in [-0.15, -0.1) is 22.7 Å². The van der Waals surface area contributed by atoms with Crippen LogP contribution in [0.4, 0.5) is 0 Å². The Kier molecular flexibility index (Phi) is 3.85. The first kappa shape index (κ1) is 14.4. The number of thiophene rings is 1. The molecule has 116 valence electrons. The lowest BCUT2D eigenvalue weighted by Crippen LogP contribution is -2.32. The minimum absolute atomic E-state index is 0.0284. The second kappa shape index (κ2) is 6.14. The molecule has 0 spiro atoms. The zero-order chi connectivity index (χ0) is 15.6. The number of amides is 1. The van der Waals surface area contributed by atoms with Crippen LogP contribution in [0.25, 0.3) is 9.88 Å². The molecule has 0 saturated heterocycles. The van der Waals surface area contributed by atoms with Crippen molar-refractivity contribution in [3.05, 3.63) is 58.4 Å². The zero-order valence-electron chi connectivity index (χ0n) is 12.2. The first-order chi connectivity index (χ1) is 11.3. The largest absolute Gasteiger partial charge is 0.493 e. The first-order valence-electron chi connectivity index (χ1n) is 7.33. The minimum atomic E-state index is -0.134. The lowest BCUT2D eigenvalue weighted by atomic mass is 10.0. The van der Waals surface area contributed by atoms with E-state index >= 15 is 0 Å². The number of carbonyl (C=O) groups is 1. The van der Waals surface area contributed by atoms with Gasteiger partial charge in [0.15, 0.2) is 0 Å². The van der Waals surface area contributed by atoms with Crippen molar-refractivity contribution in [2.45, 2.75) is 12.5 Å². The maximum absolute atomic E-state index is 12.5. The summed E-state index contributed by atoms with van der Waals surface area (Å²) >= 11 is 3.12. The summed E-state index contributed by atoms with van der Waals surface area (Å²) in [6, 6.07) is 11.8. The summed E-state index contributed by atoms with van der Waals surface area (Å²) < 4.78 is 5.63. The Morgan fingerprint density at radius 2 is 2.13 bits per heavy atom. The van der Waals surface area contributed by atoms with E-state index in [1.165, 1.54) is 11.3 Å². The number of aromatic nitrogens is 1. The first-order valence-corrected chi connectivity index (χ1v) is 9.09. The van der Waals surface area contributed by atoms with Crippen LogP contribution in [0.15, 0.2) is 47.2 Å². The van der Waals surface area contributed by atoms with Gasteiger partial charge in [-0.1, -0.05) is 24.3 Å². The summed E-state index contributed by atoms with van der Waals surface area (Å²) in [5, 5.41) is 7.79. The summed E-state index contributed by atoms with van der Waals surface area (Å²) in [4.78, 5) is 18.0.